The van der Waals surface area contributed by atoms with E-state index in [0.717, 1.165) is 42.8 Å². The topological polar surface area (TPSA) is 124 Å². The minimum Gasteiger partial charge on any atom is -0.396 e. The summed E-state index contributed by atoms with van der Waals surface area (Å²) in [6.45, 7) is 2.88. The van der Waals surface area contributed by atoms with E-state index in [2.05, 4.69) is 20.4 Å². The zero-order chi connectivity index (χ0) is 21.5. The summed E-state index contributed by atoms with van der Waals surface area (Å²) in [5.41, 5.74) is 10.4. The highest BCUT2D eigenvalue weighted by Gasteiger charge is 2.40. The number of hydrogen-bond acceptors (Lipinski definition) is 6. The number of imide groups is 1. The van der Waals surface area contributed by atoms with Crippen LogP contribution in [0, 0.1) is 0 Å². The highest BCUT2D eigenvalue weighted by atomic mass is 16.2. The molecule has 0 spiro atoms. The number of piperidine rings is 2. The molecule has 0 saturated carbocycles. The van der Waals surface area contributed by atoms with Crippen molar-refractivity contribution in [3.8, 4) is 0 Å². The fourth-order valence-electron chi connectivity index (χ4n) is 5.13. The minimum absolute atomic E-state index is 0.119. The fraction of sp³-hybridized carbons (Fsp3) is 0.455. The summed E-state index contributed by atoms with van der Waals surface area (Å²) in [6, 6.07) is 5.34. The van der Waals surface area contributed by atoms with Crippen LogP contribution in [0.25, 0.3) is 0 Å². The third-order valence-electron chi connectivity index (χ3n) is 6.65. The maximum atomic E-state index is 13.3. The van der Waals surface area contributed by atoms with Crippen LogP contribution in [0.15, 0.2) is 24.4 Å². The van der Waals surface area contributed by atoms with Gasteiger partial charge >= 0.3 is 0 Å². The lowest BCUT2D eigenvalue weighted by molar-refractivity contribution is -0.136. The van der Waals surface area contributed by atoms with Crippen LogP contribution in [0.1, 0.15) is 58.8 Å². The highest BCUT2D eigenvalue weighted by Crippen LogP contribution is 2.33. The maximum absolute atomic E-state index is 13.3. The second-order valence-electron chi connectivity index (χ2n) is 8.66. The first-order chi connectivity index (χ1) is 15.0. The van der Waals surface area contributed by atoms with Gasteiger partial charge in [0.1, 0.15) is 6.04 Å². The molecule has 0 aliphatic carbocycles. The van der Waals surface area contributed by atoms with Crippen molar-refractivity contribution in [3.63, 3.8) is 0 Å². The van der Waals surface area contributed by atoms with Crippen LogP contribution in [-0.4, -0.2) is 56.9 Å². The summed E-state index contributed by atoms with van der Waals surface area (Å²) in [5, 5.41) is 9.45. The van der Waals surface area contributed by atoms with Gasteiger partial charge < -0.3 is 10.6 Å². The first kappa shape index (κ1) is 19.7. The number of nitrogens with two attached hydrogens (primary N) is 1. The lowest BCUT2D eigenvalue weighted by atomic mass is 9.93. The van der Waals surface area contributed by atoms with Crippen LogP contribution < -0.4 is 11.1 Å². The molecule has 2 saturated heterocycles. The zero-order valence-electron chi connectivity index (χ0n) is 17.3. The Morgan fingerprint density at radius 2 is 2.06 bits per heavy atom. The number of benzene rings is 1. The van der Waals surface area contributed by atoms with Crippen LogP contribution in [0.3, 0.4) is 0 Å². The normalized spacial score (nSPS) is 24.4. The average Bonchev–Trinajstić information content (AvgIpc) is 3.32. The first-order valence-electron chi connectivity index (χ1n) is 10.8. The Kier molecular flexibility index (Phi) is 4.97. The van der Waals surface area contributed by atoms with Crippen molar-refractivity contribution >= 4 is 23.4 Å². The molecule has 0 radical (unpaired) electrons. The molecule has 1 aromatic heterocycles. The number of nitrogen functional groups attached to an aromatic ring is 1. The summed E-state index contributed by atoms with van der Waals surface area (Å²) in [5.74, 6) is -0.478. The van der Waals surface area contributed by atoms with Crippen molar-refractivity contribution in [2.75, 3.05) is 18.8 Å². The quantitative estimate of drug-likeness (QED) is 0.635. The number of anilines is 1. The Hall–Kier alpha value is -3.20. The summed E-state index contributed by atoms with van der Waals surface area (Å²) in [7, 11) is 0. The zero-order valence-corrected chi connectivity index (χ0v) is 17.3. The van der Waals surface area contributed by atoms with Gasteiger partial charge in [-0.2, -0.15) is 5.10 Å². The SMILES string of the molecule is Nc1cn[nH]c1C1CCCN(Cc2cccc3c2C(=O)N(C2CCC(=O)NC2=O)C3)C1. The van der Waals surface area contributed by atoms with E-state index in [4.69, 9.17) is 5.73 Å². The van der Waals surface area contributed by atoms with Crippen molar-refractivity contribution in [2.24, 2.45) is 0 Å². The van der Waals surface area contributed by atoms with Gasteiger partial charge in [-0.05, 0) is 36.9 Å². The van der Waals surface area contributed by atoms with Crippen molar-refractivity contribution < 1.29 is 14.4 Å². The van der Waals surface area contributed by atoms with Crippen LogP contribution in [0.5, 0.6) is 0 Å². The molecule has 3 aliphatic heterocycles. The molecular formula is C22H26N6O3. The number of nitrogens with one attached hydrogen (secondary N) is 2. The Morgan fingerprint density at radius 3 is 2.84 bits per heavy atom. The summed E-state index contributed by atoms with van der Waals surface area (Å²) < 4.78 is 0. The van der Waals surface area contributed by atoms with E-state index in [1.807, 2.05) is 18.2 Å². The predicted molar refractivity (Wildman–Crippen MR) is 113 cm³/mol. The molecule has 2 fully saturated rings. The number of rotatable bonds is 4. The van der Waals surface area contributed by atoms with E-state index >= 15 is 0 Å². The van der Waals surface area contributed by atoms with Crippen molar-refractivity contribution in [3.05, 3.63) is 46.8 Å². The molecule has 3 aliphatic rings. The third kappa shape index (κ3) is 3.59. The molecule has 0 bridgehead atoms. The predicted octanol–water partition coefficient (Wildman–Crippen LogP) is 1.13. The van der Waals surface area contributed by atoms with Gasteiger partial charge in [-0.15, -0.1) is 0 Å². The van der Waals surface area contributed by atoms with Gasteiger partial charge in [0.2, 0.25) is 11.8 Å². The van der Waals surface area contributed by atoms with Crippen LogP contribution >= 0.6 is 0 Å². The second kappa shape index (κ2) is 7.81. The minimum atomic E-state index is -0.590. The lowest BCUT2D eigenvalue weighted by Crippen LogP contribution is -2.52. The number of fused-ring (bicyclic) bond motifs is 1. The molecule has 9 heteroatoms. The molecule has 1 aromatic carbocycles. The van der Waals surface area contributed by atoms with Crippen LogP contribution in [-0.2, 0) is 22.7 Å². The van der Waals surface area contributed by atoms with E-state index in [9.17, 15) is 14.4 Å². The molecule has 3 amide bonds. The van der Waals surface area contributed by atoms with E-state index in [1.165, 1.54) is 0 Å². The van der Waals surface area contributed by atoms with Crippen molar-refractivity contribution in [1.29, 1.82) is 0 Å². The van der Waals surface area contributed by atoms with Crippen LogP contribution in [0.2, 0.25) is 0 Å². The summed E-state index contributed by atoms with van der Waals surface area (Å²) in [6.07, 6.45) is 4.39. The third-order valence-corrected chi connectivity index (χ3v) is 6.65. The number of carbonyl (C=O) groups is 3. The monoisotopic (exact) mass is 422 g/mol. The number of aromatic amines is 1. The van der Waals surface area contributed by atoms with E-state index in [-0.39, 0.29) is 24.1 Å². The standard InChI is InChI=1S/C22H26N6O3/c23-16-9-24-26-20(16)15-5-2-8-27(11-15)10-13-3-1-4-14-12-28(22(31)19(13)14)17-6-7-18(29)25-21(17)30/h1,3-4,9,15,17H,2,5-8,10-12,23H2,(H,24,26)(H,25,29,30). The van der Waals surface area contributed by atoms with Crippen molar-refractivity contribution in [2.45, 2.75) is 50.7 Å². The molecular weight excluding hydrogens is 396 g/mol. The Morgan fingerprint density at radius 1 is 1.19 bits per heavy atom. The average molecular weight is 422 g/mol. The number of aromatic nitrogens is 2. The van der Waals surface area contributed by atoms with Gasteiger partial charge in [0.15, 0.2) is 0 Å². The molecule has 4 N–H and O–H groups in total. The van der Waals surface area contributed by atoms with Crippen LogP contribution in [0.4, 0.5) is 5.69 Å². The largest absolute Gasteiger partial charge is 0.396 e. The van der Waals surface area contributed by atoms with Gasteiger partial charge in [-0.3, -0.25) is 29.7 Å². The number of carbonyl (C=O) groups excluding carboxylic acids is 3. The molecule has 4 heterocycles. The lowest BCUT2D eigenvalue weighted by Gasteiger charge is -2.33. The second-order valence-corrected chi connectivity index (χ2v) is 8.66. The molecule has 9 nitrogen and oxygen atoms in total. The maximum Gasteiger partial charge on any atom is 0.255 e. The van der Waals surface area contributed by atoms with E-state index in [0.29, 0.717) is 36.7 Å². The summed E-state index contributed by atoms with van der Waals surface area (Å²) >= 11 is 0. The van der Waals surface area contributed by atoms with Gasteiger partial charge in [-0.25, -0.2) is 0 Å². The molecule has 2 unspecified atom stereocenters. The number of amides is 3. The fourth-order valence-corrected chi connectivity index (χ4v) is 5.13. The van der Waals surface area contributed by atoms with Crippen molar-refractivity contribution in [1.82, 2.24) is 25.3 Å². The molecule has 31 heavy (non-hydrogen) atoms. The Labute approximate surface area is 180 Å². The number of nitrogens with zero attached hydrogens (tertiary/aromatic N) is 3. The number of hydrogen-bond donors (Lipinski definition) is 3. The van der Waals surface area contributed by atoms with Gasteiger partial charge in [0, 0.05) is 37.5 Å². The Balaban J connectivity index is 1.34. The van der Waals surface area contributed by atoms with E-state index < -0.39 is 6.04 Å². The molecule has 5 rings (SSSR count). The number of likely N-dealkylation sites (tertiary alicyclic amines) is 1. The highest BCUT2D eigenvalue weighted by molar-refractivity contribution is 6.06. The molecule has 2 atom stereocenters. The molecule has 2 aromatic rings. The number of H-pyrrole nitrogens is 1. The van der Waals surface area contributed by atoms with Gasteiger partial charge in [0.05, 0.1) is 17.6 Å². The van der Waals surface area contributed by atoms with Gasteiger partial charge in [-0.1, -0.05) is 18.2 Å². The van der Waals surface area contributed by atoms with Gasteiger partial charge in [0.25, 0.3) is 5.91 Å². The van der Waals surface area contributed by atoms with E-state index in [1.54, 1.807) is 11.1 Å². The Bertz CT molecular complexity index is 1050. The molecule has 162 valence electrons. The summed E-state index contributed by atoms with van der Waals surface area (Å²) in [4.78, 5) is 41.1. The smallest absolute Gasteiger partial charge is 0.255 e. The first-order valence-corrected chi connectivity index (χ1v) is 10.8.